The minimum Gasteiger partial charge on any atom is -0.497 e. The molecule has 0 radical (unpaired) electrons. The van der Waals surface area contributed by atoms with Crippen LogP contribution in [0.25, 0.3) is 0 Å². The lowest BCUT2D eigenvalue weighted by Gasteiger charge is -2.28. The molecule has 3 rings (SSSR count). The molecule has 2 aromatic carbocycles. The maximum atomic E-state index is 13.6. The van der Waals surface area contributed by atoms with E-state index in [4.69, 9.17) is 19.9 Å². The van der Waals surface area contributed by atoms with Gasteiger partial charge >= 0.3 is 5.97 Å². The summed E-state index contributed by atoms with van der Waals surface area (Å²) in [7, 11) is -2.64. The van der Waals surface area contributed by atoms with E-state index < -0.39 is 21.7 Å². The molecule has 8 nitrogen and oxygen atoms in total. The van der Waals surface area contributed by atoms with Crippen molar-refractivity contribution in [2.45, 2.75) is 29.6 Å². The number of methoxy groups -OCH3 is 1. The Hall–Kier alpha value is -3.77. The van der Waals surface area contributed by atoms with Crippen LogP contribution >= 0.6 is 0 Å². The molecular weight excluding hydrogens is 432 g/mol. The maximum Gasteiger partial charge on any atom is 0.338 e. The van der Waals surface area contributed by atoms with E-state index in [2.05, 4.69) is 0 Å². The highest BCUT2D eigenvalue weighted by molar-refractivity contribution is 7.91. The van der Waals surface area contributed by atoms with Crippen LogP contribution in [0.5, 0.6) is 5.75 Å². The second-order valence-corrected chi connectivity index (χ2v) is 8.75. The summed E-state index contributed by atoms with van der Waals surface area (Å²) in [6.07, 6.45) is 0. The molecule has 2 N–H and O–H groups in total. The quantitative estimate of drug-likeness (QED) is 0.659. The number of hydrogen-bond acceptors (Lipinski definition) is 8. The Kier molecular flexibility index (Phi) is 6.55. The summed E-state index contributed by atoms with van der Waals surface area (Å²) in [5.41, 5.74) is 6.04. The molecule has 0 aliphatic carbocycles. The highest BCUT2D eigenvalue weighted by Gasteiger charge is 2.39. The van der Waals surface area contributed by atoms with Gasteiger partial charge in [-0.15, -0.1) is 0 Å². The molecule has 32 heavy (non-hydrogen) atoms. The van der Waals surface area contributed by atoms with E-state index in [1.807, 2.05) is 6.07 Å². The van der Waals surface area contributed by atoms with Crippen LogP contribution in [-0.2, 0) is 24.1 Å². The van der Waals surface area contributed by atoms with E-state index in [1.54, 1.807) is 31.2 Å². The standard InChI is InChI=1S/C23H22N2O6S/c1-4-30-23(26)20-14(2)31-22(25)18(13-24)21(20)17-11-10-15(29-3)12-19(17)32(27,28)16-8-6-5-7-9-16/h5-12,21H,4,25H2,1-3H3. The molecule has 0 fully saturated rings. The smallest absolute Gasteiger partial charge is 0.338 e. The van der Waals surface area contributed by atoms with Gasteiger partial charge in [-0.1, -0.05) is 24.3 Å². The Bertz CT molecular complexity index is 1260. The van der Waals surface area contributed by atoms with Crippen LogP contribution in [0.2, 0.25) is 0 Å². The molecule has 0 saturated carbocycles. The first kappa shape index (κ1) is 22.9. The van der Waals surface area contributed by atoms with Crippen molar-refractivity contribution in [1.82, 2.24) is 0 Å². The van der Waals surface area contributed by atoms with Gasteiger partial charge in [0.05, 0.1) is 35.0 Å². The zero-order chi connectivity index (χ0) is 23.5. The fraction of sp³-hybridized carbons (Fsp3) is 0.217. The molecule has 1 unspecified atom stereocenters. The highest BCUT2D eigenvalue weighted by atomic mass is 32.2. The highest BCUT2D eigenvalue weighted by Crippen LogP contribution is 2.43. The van der Waals surface area contributed by atoms with Crippen LogP contribution in [0.4, 0.5) is 0 Å². The summed E-state index contributed by atoms with van der Waals surface area (Å²) >= 11 is 0. The van der Waals surface area contributed by atoms with Gasteiger partial charge < -0.3 is 19.9 Å². The van der Waals surface area contributed by atoms with E-state index in [0.717, 1.165) is 0 Å². The molecule has 1 aliphatic heterocycles. The lowest BCUT2D eigenvalue weighted by molar-refractivity contribution is -0.139. The summed E-state index contributed by atoms with van der Waals surface area (Å²) in [6, 6.07) is 14.2. The topological polar surface area (TPSA) is 129 Å². The fourth-order valence-electron chi connectivity index (χ4n) is 3.51. The molecule has 1 heterocycles. The van der Waals surface area contributed by atoms with Crippen molar-refractivity contribution < 1.29 is 27.4 Å². The minimum absolute atomic E-state index is 0.00674. The third-order valence-corrected chi connectivity index (χ3v) is 6.80. The van der Waals surface area contributed by atoms with Crippen LogP contribution in [0.15, 0.2) is 81.1 Å². The normalized spacial score (nSPS) is 16.2. The monoisotopic (exact) mass is 454 g/mol. The predicted octanol–water partition coefficient (Wildman–Crippen LogP) is 3.17. The minimum atomic E-state index is -4.05. The lowest BCUT2D eigenvalue weighted by atomic mass is 9.83. The fourth-order valence-corrected chi connectivity index (χ4v) is 5.04. The molecule has 9 heteroatoms. The second-order valence-electron chi connectivity index (χ2n) is 6.84. The SMILES string of the molecule is CCOC(=O)C1=C(C)OC(N)=C(C#N)C1c1ccc(OC)cc1S(=O)(=O)c1ccccc1. The summed E-state index contributed by atoms with van der Waals surface area (Å²) in [5, 5.41) is 9.80. The van der Waals surface area contributed by atoms with Crippen LogP contribution < -0.4 is 10.5 Å². The van der Waals surface area contributed by atoms with E-state index >= 15 is 0 Å². The third-order valence-electron chi connectivity index (χ3n) is 4.98. The van der Waals surface area contributed by atoms with Gasteiger partial charge in [0.2, 0.25) is 15.7 Å². The number of benzene rings is 2. The lowest BCUT2D eigenvalue weighted by Crippen LogP contribution is -2.26. The average molecular weight is 455 g/mol. The van der Waals surface area contributed by atoms with Crippen LogP contribution in [0.3, 0.4) is 0 Å². The van der Waals surface area contributed by atoms with Crippen molar-refractivity contribution in [1.29, 1.82) is 5.26 Å². The van der Waals surface area contributed by atoms with Crippen LogP contribution in [0, 0.1) is 11.3 Å². The van der Waals surface area contributed by atoms with Crippen LogP contribution in [0.1, 0.15) is 25.3 Å². The zero-order valence-electron chi connectivity index (χ0n) is 17.8. The molecule has 0 aromatic heterocycles. The Balaban J connectivity index is 2.35. The Morgan fingerprint density at radius 2 is 1.91 bits per heavy atom. The molecule has 166 valence electrons. The van der Waals surface area contributed by atoms with Gasteiger partial charge in [0.15, 0.2) is 0 Å². The maximum absolute atomic E-state index is 13.6. The first-order valence-corrected chi connectivity index (χ1v) is 11.2. The zero-order valence-corrected chi connectivity index (χ0v) is 18.6. The van der Waals surface area contributed by atoms with Crippen molar-refractivity contribution in [2.24, 2.45) is 5.73 Å². The largest absolute Gasteiger partial charge is 0.497 e. The molecule has 1 aliphatic rings. The average Bonchev–Trinajstić information content (AvgIpc) is 2.78. The van der Waals surface area contributed by atoms with Gasteiger partial charge in [-0.2, -0.15) is 5.26 Å². The van der Waals surface area contributed by atoms with Crippen LogP contribution in [-0.4, -0.2) is 28.1 Å². The molecule has 2 aromatic rings. The van der Waals surface area contributed by atoms with Crippen molar-refractivity contribution in [3.05, 3.63) is 76.9 Å². The van der Waals surface area contributed by atoms with Gasteiger partial charge in [0, 0.05) is 0 Å². The number of esters is 1. The number of nitrogens with two attached hydrogens (primary N) is 1. The van der Waals surface area contributed by atoms with Gasteiger partial charge in [0.1, 0.15) is 23.2 Å². The molecule has 0 bridgehead atoms. The van der Waals surface area contributed by atoms with E-state index in [-0.39, 0.29) is 44.7 Å². The van der Waals surface area contributed by atoms with Gasteiger partial charge in [0.25, 0.3) is 0 Å². The summed E-state index contributed by atoms with van der Waals surface area (Å²) in [4.78, 5) is 12.7. The first-order chi connectivity index (χ1) is 15.3. The van der Waals surface area contributed by atoms with Gasteiger partial charge in [-0.3, -0.25) is 0 Å². The molecule has 1 atom stereocenters. The number of nitrogens with zero attached hydrogens (tertiary/aromatic N) is 1. The third kappa shape index (κ3) is 4.05. The summed E-state index contributed by atoms with van der Waals surface area (Å²) in [6.45, 7) is 3.23. The number of allylic oxidation sites excluding steroid dienone is 2. The first-order valence-electron chi connectivity index (χ1n) is 9.69. The molecular formula is C23H22N2O6S. The van der Waals surface area contributed by atoms with E-state index in [0.29, 0.717) is 5.75 Å². The number of carbonyl (C=O) groups excluding carboxylic acids is 1. The number of rotatable bonds is 6. The molecule has 0 spiro atoms. The van der Waals surface area contributed by atoms with Crippen molar-refractivity contribution >= 4 is 15.8 Å². The summed E-state index contributed by atoms with van der Waals surface area (Å²) in [5.74, 6) is -1.61. The predicted molar refractivity (Wildman–Crippen MR) is 115 cm³/mol. The summed E-state index contributed by atoms with van der Waals surface area (Å²) < 4.78 is 43.0. The van der Waals surface area contributed by atoms with Gasteiger partial charge in [-0.25, -0.2) is 13.2 Å². The second kappa shape index (κ2) is 9.16. The number of nitriles is 1. The Morgan fingerprint density at radius 1 is 1.22 bits per heavy atom. The van der Waals surface area contributed by atoms with Crippen molar-refractivity contribution in [3.8, 4) is 11.8 Å². The molecule has 0 saturated heterocycles. The number of ether oxygens (including phenoxy) is 3. The van der Waals surface area contributed by atoms with E-state index in [1.165, 1.54) is 38.3 Å². The number of hydrogen-bond donors (Lipinski definition) is 1. The van der Waals surface area contributed by atoms with Crippen molar-refractivity contribution in [3.63, 3.8) is 0 Å². The number of carbonyl (C=O) groups is 1. The van der Waals surface area contributed by atoms with Crippen molar-refractivity contribution in [2.75, 3.05) is 13.7 Å². The Labute approximate surface area is 186 Å². The number of sulfone groups is 1. The van der Waals surface area contributed by atoms with E-state index in [9.17, 15) is 18.5 Å². The van der Waals surface area contributed by atoms with Gasteiger partial charge in [-0.05, 0) is 43.7 Å². The Morgan fingerprint density at radius 3 is 2.50 bits per heavy atom. The molecule has 0 amide bonds.